The van der Waals surface area contributed by atoms with Crippen molar-refractivity contribution in [2.45, 2.75) is 104 Å². The molecule has 0 atom stereocenters. The van der Waals surface area contributed by atoms with E-state index in [1.165, 1.54) is 25.7 Å². The van der Waals surface area contributed by atoms with Gasteiger partial charge in [0, 0.05) is 38.0 Å². The predicted molar refractivity (Wildman–Crippen MR) is 186 cm³/mol. The number of carboxylic acid groups (broad SMARTS) is 1. The Morgan fingerprint density at radius 3 is 2.07 bits per heavy atom. The molecule has 0 heterocycles. The molecule has 2 aromatic rings. The third-order valence-electron chi connectivity index (χ3n) is 7.56. The van der Waals surface area contributed by atoms with Crippen molar-refractivity contribution in [3.63, 3.8) is 0 Å². The minimum atomic E-state index is -2.71. The first-order chi connectivity index (χ1) is 22.4. The molecule has 258 valence electrons. The van der Waals surface area contributed by atoms with Crippen molar-refractivity contribution in [2.75, 3.05) is 39.6 Å². The molecule has 9 nitrogen and oxygen atoms in total. The molecule has 0 unspecified atom stereocenters. The molecule has 1 amide bonds. The summed E-state index contributed by atoms with van der Waals surface area (Å²) in [5.74, 6) is -0.0310. The summed E-state index contributed by atoms with van der Waals surface area (Å²) in [7, 11) is -2.71. The van der Waals surface area contributed by atoms with Crippen molar-refractivity contribution in [1.82, 2.24) is 5.32 Å². The molecular weight excluding hydrogens is 602 g/mol. The number of carbonyl (C=O) groups is 2. The normalized spacial score (nSPS) is 12.0. The molecule has 0 spiro atoms. The quantitative estimate of drug-likeness (QED) is 0.0586. The minimum Gasteiger partial charge on any atom is -0.494 e. The highest BCUT2D eigenvalue weighted by atomic mass is 28.4. The fourth-order valence-electron chi connectivity index (χ4n) is 5.24. The Balaban J connectivity index is 1.68. The Kier molecular flexibility index (Phi) is 20.0. The van der Waals surface area contributed by atoms with E-state index in [4.69, 9.17) is 22.8 Å². The second-order valence-corrected chi connectivity index (χ2v) is 14.1. The summed E-state index contributed by atoms with van der Waals surface area (Å²) in [5, 5.41) is 14.7. The average Bonchev–Trinajstić information content (AvgIpc) is 3.04. The van der Waals surface area contributed by atoms with Gasteiger partial charge in [-0.3, -0.25) is 0 Å². The number of ether oxygens (including phenoxy) is 2. The van der Waals surface area contributed by atoms with Gasteiger partial charge in [-0.25, -0.2) is 9.59 Å². The van der Waals surface area contributed by atoms with E-state index in [1.807, 2.05) is 57.2 Å². The zero-order valence-electron chi connectivity index (χ0n) is 28.6. The molecule has 10 heteroatoms. The van der Waals surface area contributed by atoms with Gasteiger partial charge in [0.15, 0.2) is 0 Å². The molecule has 2 rings (SSSR count). The van der Waals surface area contributed by atoms with Crippen LogP contribution in [0.25, 0.3) is 16.8 Å². The third kappa shape index (κ3) is 15.6. The van der Waals surface area contributed by atoms with E-state index in [9.17, 15) is 14.7 Å². The van der Waals surface area contributed by atoms with Gasteiger partial charge in [0.05, 0.1) is 13.2 Å². The first-order valence-electron chi connectivity index (χ1n) is 17.3. The lowest BCUT2D eigenvalue weighted by atomic mass is 10.0. The molecule has 0 radical (unpaired) electrons. The number of carbonyl (C=O) groups excluding carboxylic acids is 1. The number of hydrogen-bond acceptors (Lipinski definition) is 7. The van der Waals surface area contributed by atoms with E-state index in [0.717, 1.165) is 60.8 Å². The van der Waals surface area contributed by atoms with Crippen LogP contribution in [0.4, 0.5) is 4.79 Å². The summed E-state index contributed by atoms with van der Waals surface area (Å²) in [4.78, 5) is 24.0. The minimum absolute atomic E-state index is 0.325. The summed E-state index contributed by atoms with van der Waals surface area (Å²) >= 11 is 0. The highest BCUT2D eigenvalue weighted by molar-refractivity contribution is 6.60. The molecule has 0 aliphatic heterocycles. The van der Waals surface area contributed by atoms with Crippen molar-refractivity contribution in [3.8, 4) is 5.75 Å². The molecular formula is C36H57NO8Si. The van der Waals surface area contributed by atoms with Crippen molar-refractivity contribution in [2.24, 2.45) is 0 Å². The van der Waals surface area contributed by atoms with Crippen LogP contribution < -0.4 is 10.1 Å². The zero-order valence-corrected chi connectivity index (χ0v) is 29.6. The van der Waals surface area contributed by atoms with Gasteiger partial charge >= 0.3 is 20.9 Å². The van der Waals surface area contributed by atoms with E-state index in [-0.39, 0.29) is 0 Å². The summed E-state index contributed by atoms with van der Waals surface area (Å²) in [6.07, 6.45) is 11.7. The number of benzene rings is 2. The predicted octanol–water partition coefficient (Wildman–Crippen LogP) is 8.77. The third-order valence-corrected chi connectivity index (χ3v) is 10.7. The first kappa shape index (κ1) is 39.3. The number of aliphatic carboxylic acids is 1. The number of unbranched alkanes of at least 4 members (excludes halogenated alkanes) is 7. The van der Waals surface area contributed by atoms with Crippen LogP contribution in [0.1, 0.15) is 104 Å². The number of nitrogens with one attached hydrogen (secondary N) is 1. The Morgan fingerprint density at radius 2 is 1.39 bits per heavy atom. The molecule has 0 bridgehead atoms. The van der Waals surface area contributed by atoms with Crippen LogP contribution >= 0.6 is 0 Å². The monoisotopic (exact) mass is 659 g/mol. The lowest BCUT2D eigenvalue weighted by molar-refractivity contribution is -0.132. The van der Waals surface area contributed by atoms with Crippen LogP contribution in [-0.4, -0.2) is 65.6 Å². The van der Waals surface area contributed by atoms with Gasteiger partial charge in [0.25, 0.3) is 0 Å². The van der Waals surface area contributed by atoms with Crippen LogP contribution in [0.3, 0.4) is 0 Å². The van der Waals surface area contributed by atoms with Gasteiger partial charge in [-0.05, 0) is 93.5 Å². The largest absolute Gasteiger partial charge is 0.500 e. The number of hydrogen-bond donors (Lipinski definition) is 2. The van der Waals surface area contributed by atoms with Crippen LogP contribution in [-0.2, 0) is 22.8 Å². The van der Waals surface area contributed by atoms with E-state index < -0.39 is 20.9 Å². The fourth-order valence-corrected chi connectivity index (χ4v) is 7.86. The van der Waals surface area contributed by atoms with E-state index in [2.05, 4.69) is 12.2 Å². The molecule has 0 aliphatic carbocycles. The van der Waals surface area contributed by atoms with Crippen LogP contribution in [0.5, 0.6) is 5.75 Å². The average molecular weight is 660 g/mol. The first-order valence-corrected chi connectivity index (χ1v) is 19.2. The van der Waals surface area contributed by atoms with Crippen molar-refractivity contribution < 1.29 is 37.4 Å². The summed E-state index contributed by atoms with van der Waals surface area (Å²) in [6, 6.07) is 12.7. The van der Waals surface area contributed by atoms with Gasteiger partial charge < -0.3 is 33.2 Å². The molecule has 0 aromatic heterocycles. The topological polar surface area (TPSA) is 113 Å². The van der Waals surface area contributed by atoms with Crippen molar-refractivity contribution in [3.05, 3.63) is 47.5 Å². The van der Waals surface area contributed by atoms with Crippen LogP contribution in [0, 0.1) is 0 Å². The Labute approximate surface area is 277 Å². The van der Waals surface area contributed by atoms with Crippen molar-refractivity contribution >= 4 is 37.7 Å². The van der Waals surface area contributed by atoms with Crippen LogP contribution in [0.15, 0.2) is 42.0 Å². The van der Waals surface area contributed by atoms with Crippen LogP contribution in [0.2, 0.25) is 6.04 Å². The Bertz CT molecular complexity index is 1170. The number of rotatable bonds is 26. The maximum Gasteiger partial charge on any atom is 0.500 e. The van der Waals surface area contributed by atoms with E-state index >= 15 is 0 Å². The summed E-state index contributed by atoms with van der Waals surface area (Å²) in [6.45, 7) is 11.1. The fraction of sp³-hybridized carbons (Fsp3) is 0.611. The lowest BCUT2D eigenvalue weighted by Crippen LogP contribution is -2.46. The lowest BCUT2D eigenvalue weighted by Gasteiger charge is -2.28. The van der Waals surface area contributed by atoms with Gasteiger partial charge in [0.1, 0.15) is 5.75 Å². The SMILES string of the molecule is CCCCCCCOc1ccc2cc(/C=C(\CCCCCCOC(=O)NCCC[Si](OCC)(OCC)OCC)C(=O)O)ccc2c1. The molecule has 0 saturated heterocycles. The van der Waals surface area contributed by atoms with E-state index in [0.29, 0.717) is 57.4 Å². The highest BCUT2D eigenvalue weighted by Gasteiger charge is 2.39. The van der Waals surface area contributed by atoms with E-state index in [1.54, 1.807) is 6.08 Å². The zero-order chi connectivity index (χ0) is 33.5. The van der Waals surface area contributed by atoms with Gasteiger partial charge in [-0.1, -0.05) is 63.6 Å². The number of carboxylic acids is 1. The molecule has 0 aliphatic rings. The van der Waals surface area contributed by atoms with Gasteiger partial charge in [0.2, 0.25) is 0 Å². The number of amides is 1. The maximum atomic E-state index is 12.1. The standard InChI is InChI=1S/C36H57NO8Si/c1-5-9-10-12-15-24-41-34-22-21-31-27-30(19-20-32(31)29-34)28-33(35(38)39)18-14-11-13-16-25-42-36(40)37-23-17-26-46(43-6-2,44-7-3)45-8-4/h19-22,27-29H,5-18,23-26H2,1-4H3,(H,37,40)(H,38,39)/b33-28+. The number of fused-ring (bicyclic) bond motifs is 1. The maximum absolute atomic E-state index is 12.1. The number of alkyl carbamates (subject to hydrolysis) is 1. The summed E-state index contributed by atoms with van der Waals surface area (Å²) < 4.78 is 28.7. The second-order valence-electron chi connectivity index (χ2n) is 11.3. The second kappa shape index (κ2) is 23.4. The molecule has 2 aromatic carbocycles. The smallest absolute Gasteiger partial charge is 0.494 e. The molecule has 2 N–H and O–H groups in total. The Morgan fingerprint density at radius 1 is 0.761 bits per heavy atom. The van der Waals surface area contributed by atoms with Gasteiger partial charge in [-0.15, -0.1) is 0 Å². The Hall–Kier alpha value is -2.92. The highest BCUT2D eigenvalue weighted by Crippen LogP contribution is 2.24. The molecule has 46 heavy (non-hydrogen) atoms. The molecule has 0 fully saturated rings. The van der Waals surface area contributed by atoms with Crippen molar-refractivity contribution in [1.29, 1.82) is 0 Å². The van der Waals surface area contributed by atoms with Gasteiger partial charge in [-0.2, -0.15) is 0 Å². The molecule has 0 saturated carbocycles. The summed E-state index contributed by atoms with van der Waals surface area (Å²) in [5.41, 5.74) is 1.26.